The lowest BCUT2D eigenvalue weighted by molar-refractivity contribution is 0.0620. The van der Waals surface area contributed by atoms with Gasteiger partial charge in [0.15, 0.2) is 0 Å². The smallest absolute Gasteiger partial charge is 0.218 e. The van der Waals surface area contributed by atoms with Crippen molar-refractivity contribution in [1.82, 2.24) is 4.31 Å². The SMILES string of the molecule is CN(CC1CCOCC1)S(=O)(=O)Cc1cccc(CCl)c1. The summed E-state index contributed by atoms with van der Waals surface area (Å²) in [5.74, 6) is 0.816. The van der Waals surface area contributed by atoms with E-state index < -0.39 is 10.0 Å². The van der Waals surface area contributed by atoms with Crippen LogP contribution in [-0.4, -0.2) is 39.5 Å². The highest BCUT2D eigenvalue weighted by Crippen LogP contribution is 2.19. The van der Waals surface area contributed by atoms with Gasteiger partial charge in [-0.3, -0.25) is 0 Å². The zero-order valence-corrected chi connectivity index (χ0v) is 13.9. The third kappa shape index (κ3) is 4.95. The Kier molecular flexibility index (Phi) is 6.05. The van der Waals surface area contributed by atoms with Gasteiger partial charge in [0.2, 0.25) is 10.0 Å². The van der Waals surface area contributed by atoms with Crippen LogP contribution in [0.1, 0.15) is 24.0 Å². The Balaban J connectivity index is 1.99. The fraction of sp³-hybridized carbons (Fsp3) is 0.600. The largest absolute Gasteiger partial charge is 0.381 e. The van der Waals surface area contributed by atoms with Crippen LogP contribution in [0.2, 0.25) is 0 Å². The molecule has 0 unspecified atom stereocenters. The van der Waals surface area contributed by atoms with Gasteiger partial charge in [-0.05, 0) is 29.9 Å². The fourth-order valence-corrected chi connectivity index (χ4v) is 3.95. The van der Waals surface area contributed by atoms with Gasteiger partial charge in [0.05, 0.1) is 5.75 Å². The molecule has 1 fully saturated rings. The summed E-state index contributed by atoms with van der Waals surface area (Å²) in [7, 11) is -1.63. The Morgan fingerprint density at radius 2 is 1.95 bits per heavy atom. The maximum absolute atomic E-state index is 12.4. The first-order chi connectivity index (χ1) is 10.0. The summed E-state index contributed by atoms with van der Waals surface area (Å²) in [6.45, 7) is 2.04. The van der Waals surface area contributed by atoms with Crippen molar-refractivity contribution in [3.63, 3.8) is 0 Å². The van der Waals surface area contributed by atoms with Crippen LogP contribution in [0, 0.1) is 5.92 Å². The van der Waals surface area contributed by atoms with Crippen LogP contribution in [0.5, 0.6) is 0 Å². The van der Waals surface area contributed by atoms with E-state index in [1.54, 1.807) is 7.05 Å². The number of rotatable bonds is 6. The van der Waals surface area contributed by atoms with Crippen LogP contribution in [0.4, 0.5) is 0 Å². The molecule has 1 aliphatic rings. The van der Waals surface area contributed by atoms with E-state index >= 15 is 0 Å². The number of benzene rings is 1. The number of hydrogen-bond donors (Lipinski definition) is 0. The molecule has 6 heteroatoms. The van der Waals surface area contributed by atoms with Crippen LogP contribution in [0.15, 0.2) is 24.3 Å². The Bertz CT molecular complexity index is 556. The molecule has 2 rings (SSSR count). The van der Waals surface area contributed by atoms with E-state index in [4.69, 9.17) is 16.3 Å². The quantitative estimate of drug-likeness (QED) is 0.753. The lowest BCUT2D eigenvalue weighted by atomic mass is 10.0. The highest BCUT2D eigenvalue weighted by Gasteiger charge is 2.23. The molecule has 0 aromatic heterocycles. The summed E-state index contributed by atoms with van der Waals surface area (Å²) in [4.78, 5) is 0. The maximum atomic E-state index is 12.4. The summed E-state index contributed by atoms with van der Waals surface area (Å²) in [6, 6.07) is 7.43. The third-order valence-electron chi connectivity index (χ3n) is 3.83. The average molecular weight is 332 g/mol. The second-order valence-electron chi connectivity index (χ2n) is 5.55. The Labute approximate surface area is 132 Å². The Hall–Kier alpha value is -0.620. The fourth-order valence-electron chi connectivity index (χ4n) is 2.53. The standard InChI is InChI=1S/C15H22ClNO3S/c1-17(11-13-5-7-20-8-6-13)21(18,19)12-15-4-2-3-14(9-15)10-16/h2-4,9,13H,5-8,10-12H2,1H3. The predicted molar refractivity (Wildman–Crippen MR) is 84.8 cm³/mol. The number of nitrogens with zero attached hydrogens (tertiary/aromatic N) is 1. The van der Waals surface area contributed by atoms with Gasteiger partial charge in [0.25, 0.3) is 0 Å². The first kappa shape index (κ1) is 16.7. The zero-order valence-electron chi connectivity index (χ0n) is 12.3. The van der Waals surface area contributed by atoms with Gasteiger partial charge in [-0.1, -0.05) is 24.3 Å². The van der Waals surface area contributed by atoms with Crippen LogP contribution >= 0.6 is 11.6 Å². The van der Waals surface area contributed by atoms with Gasteiger partial charge in [0, 0.05) is 32.7 Å². The van der Waals surface area contributed by atoms with Crippen molar-refractivity contribution in [2.45, 2.75) is 24.5 Å². The molecule has 0 spiro atoms. The first-order valence-corrected chi connectivity index (χ1v) is 9.31. The summed E-state index contributed by atoms with van der Waals surface area (Å²) in [5, 5.41) is 0. The number of ether oxygens (including phenoxy) is 1. The van der Waals surface area contributed by atoms with Gasteiger partial charge in [-0.2, -0.15) is 0 Å². The van der Waals surface area contributed by atoms with E-state index in [0.29, 0.717) is 18.3 Å². The number of halogens is 1. The van der Waals surface area contributed by atoms with Gasteiger partial charge >= 0.3 is 0 Å². The monoisotopic (exact) mass is 331 g/mol. The van der Waals surface area contributed by atoms with Crippen molar-refractivity contribution in [2.75, 3.05) is 26.8 Å². The maximum Gasteiger partial charge on any atom is 0.218 e. The lowest BCUT2D eigenvalue weighted by Gasteiger charge is -2.26. The summed E-state index contributed by atoms with van der Waals surface area (Å²) >= 11 is 5.79. The van der Waals surface area contributed by atoms with E-state index in [0.717, 1.165) is 37.2 Å². The molecule has 118 valence electrons. The predicted octanol–water partition coefficient (Wildman–Crippen LogP) is 2.61. The van der Waals surface area contributed by atoms with Crippen molar-refractivity contribution in [2.24, 2.45) is 5.92 Å². The molecular formula is C15H22ClNO3S. The minimum Gasteiger partial charge on any atom is -0.381 e. The zero-order chi connectivity index (χ0) is 15.3. The van der Waals surface area contributed by atoms with E-state index in [9.17, 15) is 8.42 Å². The van der Waals surface area contributed by atoms with Crippen LogP contribution in [-0.2, 0) is 26.4 Å². The van der Waals surface area contributed by atoms with Gasteiger partial charge in [-0.25, -0.2) is 12.7 Å². The second kappa shape index (κ2) is 7.58. The van der Waals surface area contributed by atoms with Crippen LogP contribution in [0.25, 0.3) is 0 Å². The molecule has 1 saturated heterocycles. The Morgan fingerprint density at radius 3 is 2.62 bits per heavy atom. The molecule has 0 amide bonds. The minimum atomic E-state index is -3.29. The second-order valence-corrected chi connectivity index (χ2v) is 7.89. The van der Waals surface area contributed by atoms with E-state index in [-0.39, 0.29) is 5.75 Å². The van der Waals surface area contributed by atoms with Gasteiger partial charge in [-0.15, -0.1) is 11.6 Å². The number of hydrogen-bond acceptors (Lipinski definition) is 3. The van der Waals surface area contributed by atoms with Gasteiger partial charge < -0.3 is 4.74 Å². The minimum absolute atomic E-state index is 0.0252. The van der Waals surface area contributed by atoms with Crippen molar-refractivity contribution in [3.05, 3.63) is 35.4 Å². The lowest BCUT2D eigenvalue weighted by Crippen LogP contribution is -2.34. The van der Waals surface area contributed by atoms with E-state index in [2.05, 4.69) is 0 Å². The summed E-state index contributed by atoms with van der Waals surface area (Å²) in [6.07, 6.45) is 1.86. The molecule has 1 aromatic carbocycles. The van der Waals surface area contributed by atoms with Crippen molar-refractivity contribution in [3.8, 4) is 0 Å². The van der Waals surface area contributed by atoms with Crippen molar-refractivity contribution in [1.29, 1.82) is 0 Å². The van der Waals surface area contributed by atoms with E-state index in [1.807, 2.05) is 24.3 Å². The normalized spacial score (nSPS) is 17.3. The van der Waals surface area contributed by atoms with Crippen molar-refractivity contribution >= 4 is 21.6 Å². The third-order valence-corrected chi connectivity index (χ3v) is 5.93. The molecular weight excluding hydrogens is 310 g/mol. The molecule has 0 saturated carbocycles. The molecule has 0 aliphatic carbocycles. The molecule has 1 aromatic rings. The van der Waals surface area contributed by atoms with Crippen molar-refractivity contribution < 1.29 is 13.2 Å². The number of sulfonamides is 1. The molecule has 0 atom stereocenters. The molecule has 0 radical (unpaired) electrons. The molecule has 21 heavy (non-hydrogen) atoms. The van der Waals surface area contributed by atoms with E-state index in [1.165, 1.54) is 4.31 Å². The highest BCUT2D eigenvalue weighted by atomic mass is 35.5. The molecule has 1 aliphatic heterocycles. The summed E-state index contributed by atoms with van der Waals surface area (Å²) in [5.41, 5.74) is 1.73. The highest BCUT2D eigenvalue weighted by molar-refractivity contribution is 7.88. The Morgan fingerprint density at radius 1 is 1.29 bits per heavy atom. The first-order valence-electron chi connectivity index (χ1n) is 7.17. The summed E-state index contributed by atoms with van der Waals surface area (Å²) < 4.78 is 31.7. The van der Waals surface area contributed by atoms with Crippen LogP contribution in [0.3, 0.4) is 0 Å². The van der Waals surface area contributed by atoms with Crippen LogP contribution < -0.4 is 0 Å². The number of alkyl halides is 1. The molecule has 0 bridgehead atoms. The van der Waals surface area contributed by atoms with Gasteiger partial charge in [0.1, 0.15) is 0 Å². The molecule has 0 N–H and O–H groups in total. The topological polar surface area (TPSA) is 46.6 Å². The molecule has 1 heterocycles. The average Bonchev–Trinajstić information content (AvgIpc) is 2.48. The molecule has 4 nitrogen and oxygen atoms in total.